The van der Waals surface area contributed by atoms with Crippen molar-refractivity contribution in [2.45, 2.75) is 31.3 Å². The average Bonchev–Trinajstić information content (AvgIpc) is 2.96. The Labute approximate surface area is 121 Å². The summed E-state index contributed by atoms with van der Waals surface area (Å²) < 4.78 is 0. The van der Waals surface area contributed by atoms with Gasteiger partial charge in [-0.1, -0.05) is 11.6 Å². The van der Waals surface area contributed by atoms with Crippen LogP contribution < -0.4 is 10.6 Å². The van der Waals surface area contributed by atoms with Crippen LogP contribution in [0.1, 0.15) is 29.6 Å². The second kappa shape index (κ2) is 4.66. The van der Waals surface area contributed by atoms with E-state index < -0.39 is 11.9 Å². The number of nitrogens with two attached hydrogens (primary N) is 1. The van der Waals surface area contributed by atoms with E-state index in [-0.39, 0.29) is 18.0 Å². The zero-order valence-electron chi connectivity index (χ0n) is 10.8. The molecule has 0 aromatic heterocycles. The van der Waals surface area contributed by atoms with Crippen molar-refractivity contribution < 1.29 is 14.7 Å². The van der Waals surface area contributed by atoms with Crippen molar-refractivity contribution in [1.29, 1.82) is 0 Å². The number of hydrogen-bond acceptors (Lipinski definition) is 3. The summed E-state index contributed by atoms with van der Waals surface area (Å²) >= 11 is 5.91. The van der Waals surface area contributed by atoms with Gasteiger partial charge in [-0.05, 0) is 37.5 Å². The number of halogens is 1. The van der Waals surface area contributed by atoms with Gasteiger partial charge in [0, 0.05) is 17.1 Å². The van der Waals surface area contributed by atoms with Gasteiger partial charge < -0.3 is 15.7 Å². The number of carboxylic acids is 1. The van der Waals surface area contributed by atoms with Crippen LogP contribution >= 0.6 is 11.6 Å². The van der Waals surface area contributed by atoms with Gasteiger partial charge in [-0.2, -0.15) is 0 Å². The van der Waals surface area contributed by atoms with E-state index >= 15 is 0 Å². The minimum atomic E-state index is -0.767. The van der Waals surface area contributed by atoms with E-state index in [1.165, 1.54) is 0 Å². The summed E-state index contributed by atoms with van der Waals surface area (Å²) in [7, 11) is 0. The van der Waals surface area contributed by atoms with E-state index in [9.17, 15) is 14.7 Å². The highest BCUT2D eigenvalue weighted by Gasteiger charge is 2.49. The van der Waals surface area contributed by atoms with Crippen LogP contribution in [0.2, 0.25) is 5.02 Å². The summed E-state index contributed by atoms with van der Waals surface area (Å²) in [6.07, 6.45) is 2.42. The summed E-state index contributed by atoms with van der Waals surface area (Å²) in [5.41, 5.74) is 6.48. The summed E-state index contributed by atoms with van der Waals surface area (Å²) in [6.45, 7) is 0. The third-order valence-corrected chi connectivity index (χ3v) is 4.59. The first kappa shape index (κ1) is 13.2. The van der Waals surface area contributed by atoms with Crippen LogP contribution in [0.5, 0.6) is 0 Å². The van der Waals surface area contributed by atoms with Crippen molar-refractivity contribution in [2.24, 2.45) is 11.7 Å². The molecule has 5 nitrogen and oxygen atoms in total. The maximum atomic E-state index is 11.6. The van der Waals surface area contributed by atoms with E-state index in [0.717, 1.165) is 12.8 Å². The molecule has 3 unspecified atom stereocenters. The predicted molar refractivity (Wildman–Crippen MR) is 75.0 cm³/mol. The van der Waals surface area contributed by atoms with Crippen molar-refractivity contribution in [1.82, 2.24) is 0 Å². The topological polar surface area (TPSA) is 83.6 Å². The first-order valence-electron chi connectivity index (χ1n) is 6.59. The largest absolute Gasteiger partial charge is 0.481 e. The molecule has 3 atom stereocenters. The summed E-state index contributed by atoms with van der Waals surface area (Å²) in [5.74, 6) is -1.68. The van der Waals surface area contributed by atoms with Crippen molar-refractivity contribution >= 4 is 29.2 Å². The van der Waals surface area contributed by atoms with E-state index in [0.29, 0.717) is 22.7 Å². The lowest BCUT2D eigenvalue weighted by Crippen LogP contribution is -2.34. The fourth-order valence-electron chi connectivity index (χ4n) is 3.56. The molecule has 1 amide bonds. The van der Waals surface area contributed by atoms with Crippen LogP contribution in [0.15, 0.2) is 18.2 Å². The summed E-state index contributed by atoms with van der Waals surface area (Å²) in [6, 6.07) is 5.12. The molecule has 3 rings (SSSR count). The summed E-state index contributed by atoms with van der Waals surface area (Å²) in [4.78, 5) is 25.0. The number of carbonyl (C=O) groups excluding carboxylic acids is 1. The van der Waals surface area contributed by atoms with Crippen LogP contribution in [0, 0.1) is 5.92 Å². The van der Waals surface area contributed by atoms with E-state index in [1.807, 2.05) is 0 Å². The number of nitrogens with zero attached hydrogens (tertiary/aromatic N) is 1. The molecule has 2 aliphatic heterocycles. The van der Waals surface area contributed by atoms with E-state index in [2.05, 4.69) is 4.90 Å². The Morgan fingerprint density at radius 2 is 2.10 bits per heavy atom. The predicted octanol–water partition coefficient (Wildman–Crippen LogP) is 1.88. The molecule has 0 spiro atoms. The monoisotopic (exact) mass is 294 g/mol. The Balaban J connectivity index is 2.02. The second-order valence-corrected chi connectivity index (χ2v) is 5.85. The highest BCUT2D eigenvalue weighted by molar-refractivity contribution is 6.31. The van der Waals surface area contributed by atoms with Gasteiger partial charge >= 0.3 is 5.97 Å². The lowest BCUT2D eigenvalue weighted by molar-refractivity contribution is -0.142. The molecule has 1 aromatic rings. The number of hydrogen-bond donors (Lipinski definition) is 2. The lowest BCUT2D eigenvalue weighted by Gasteiger charge is -2.27. The minimum Gasteiger partial charge on any atom is -0.481 e. The number of rotatable bonds is 3. The molecular formula is C14H15ClN2O3. The maximum absolute atomic E-state index is 11.6. The minimum absolute atomic E-state index is 0.0585. The Morgan fingerprint density at radius 1 is 1.35 bits per heavy atom. The van der Waals surface area contributed by atoms with E-state index in [4.69, 9.17) is 17.3 Å². The fraction of sp³-hybridized carbons (Fsp3) is 0.429. The van der Waals surface area contributed by atoms with Gasteiger partial charge in [0.05, 0.1) is 17.2 Å². The fourth-order valence-corrected chi connectivity index (χ4v) is 3.73. The molecule has 3 N–H and O–H groups in total. The number of fused-ring (bicyclic) bond motifs is 2. The Hall–Kier alpha value is -1.75. The van der Waals surface area contributed by atoms with E-state index in [1.54, 1.807) is 18.2 Å². The van der Waals surface area contributed by atoms with Gasteiger partial charge in [-0.15, -0.1) is 0 Å². The lowest BCUT2D eigenvalue weighted by atomic mass is 9.89. The normalized spacial score (nSPS) is 27.9. The second-order valence-electron chi connectivity index (χ2n) is 5.41. The van der Waals surface area contributed by atoms with Crippen molar-refractivity contribution in [3.05, 3.63) is 28.8 Å². The molecule has 0 aliphatic carbocycles. The van der Waals surface area contributed by atoms with Crippen molar-refractivity contribution in [2.75, 3.05) is 4.90 Å². The molecule has 2 fully saturated rings. The molecule has 2 aliphatic rings. The SMILES string of the molecule is NC(=O)c1cc(Cl)ccc1N1C2CCC1C(C(=O)O)C2. The maximum Gasteiger partial charge on any atom is 0.308 e. The quantitative estimate of drug-likeness (QED) is 0.891. The number of anilines is 1. The number of primary amides is 1. The Kier molecular flexibility index (Phi) is 3.09. The van der Waals surface area contributed by atoms with Crippen LogP contribution in [-0.2, 0) is 4.79 Å². The molecule has 1 aromatic carbocycles. The molecule has 0 radical (unpaired) electrons. The number of amides is 1. The first-order chi connectivity index (χ1) is 9.49. The van der Waals surface area contributed by atoms with Crippen molar-refractivity contribution in [3.8, 4) is 0 Å². The van der Waals surface area contributed by atoms with Crippen LogP contribution in [0.25, 0.3) is 0 Å². The molecule has 6 heteroatoms. The van der Waals surface area contributed by atoms with Gasteiger partial charge in [-0.25, -0.2) is 0 Å². The van der Waals surface area contributed by atoms with Gasteiger partial charge in [0.1, 0.15) is 0 Å². The third-order valence-electron chi connectivity index (χ3n) is 4.36. The highest BCUT2D eigenvalue weighted by atomic mass is 35.5. The van der Waals surface area contributed by atoms with Crippen LogP contribution in [-0.4, -0.2) is 29.1 Å². The molecule has 2 heterocycles. The van der Waals surface area contributed by atoms with Gasteiger partial charge in [0.2, 0.25) is 0 Å². The molecule has 2 saturated heterocycles. The number of aliphatic carboxylic acids is 1. The van der Waals surface area contributed by atoms with Gasteiger partial charge in [0.15, 0.2) is 0 Å². The molecule has 2 bridgehead atoms. The van der Waals surface area contributed by atoms with Crippen LogP contribution in [0.3, 0.4) is 0 Å². The van der Waals surface area contributed by atoms with Crippen molar-refractivity contribution in [3.63, 3.8) is 0 Å². The smallest absolute Gasteiger partial charge is 0.308 e. The molecular weight excluding hydrogens is 280 g/mol. The Morgan fingerprint density at radius 3 is 2.70 bits per heavy atom. The van der Waals surface area contributed by atoms with Gasteiger partial charge in [-0.3, -0.25) is 9.59 Å². The van der Waals surface area contributed by atoms with Gasteiger partial charge in [0.25, 0.3) is 5.91 Å². The number of benzene rings is 1. The summed E-state index contributed by atoms with van der Waals surface area (Å²) in [5, 5.41) is 9.73. The highest BCUT2D eigenvalue weighted by Crippen LogP contribution is 2.45. The van der Waals surface area contributed by atoms with Crippen LogP contribution in [0.4, 0.5) is 5.69 Å². The molecule has 106 valence electrons. The Bertz CT molecular complexity index is 590. The number of carbonyl (C=O) groups is 2. The third kappa shape index (κ3) is 1.93. The standard InChI is InChI=1S/C14H15ClN2O3/c15-7-1-3-11(9(5-7)13(16)18)17-8-2-4-12(17)10(6-8)14(19)20/h1,3,5,8,10,12H,2,4,6H2,(H2,16,18)(H,19,20). The first-order valence-corrected chi connectivity index (χ1v) is 6.97. The average molecular weight is 295 g/mol. The molecule has 0 saturated carbocycles. The number of carboxylic acid groups (broad SMARTS) is 1. The molecule has 20 heavy (non-hydrogen) atoms. The zero-order valence-corrected chi connectivity index (χ0v) is 11.5. The zero-order chi connectivity index (χ0) is 14.4.